The summed E-state index contributed by atoms with van der Waals surface area (Å²) in [5.74, 6) is -0.927. The van der Waals surface area contributed by atoms with Crippen molar-refractivity contribution in [2.24, 2.45) is 5.92 Å². The fraction of sp³-hybridized carbons (Fsp3) is 0.500. The van der Waals surface area contributed by atoms with E-state index in [-0.39, 0.29) is 11.5 Å². The minimum absolute atomic E-state index is 0.161. The molecule has 3 nitrogen and oxygen atoms in total. The van der Waals surface area contributed by atoms with Gasteiger partial charge in [0.2, 0.25) is 0 Å². The van der Waals surface area contributed by atoms with E-state index in [0.717, 1.165) is 12.2 Å². The number of aliphatic carboxylic acids is 1. The van der Waals surface area contributed by atoms with Gasteiger partial charge >= 0.3 is 5.97 Å². The molecule has 98 valence electrons. The molecule has 0 radical (unpaired) electrons. The predicted molar refractivity (Wildman–Crippen MR) is 73.2 cm³/mol. The molecule has 1 fully saturated rings. The van der Waals surface area contributed by atoms with Crippen molar-refractivity contribution in [2.45, 2.75) is 32.2 Å². The van der Waals surface area contributed by atoms with Crippen LogP contribution in [0.25, 0.3) is 0 Å². The Bertz CT molecular complexity index is 459. The predicted octanol–water partition coefficient (Wildman–Crippen LogP) is 3.42. The highest BCUT2D eigenvalue weighted by Gasteiger charge is 2.37. The summed E-state index contributed by atoms with van der Waals surface area (Å²) in [5.41, 5.74) is 0.905. The van der Waals surface area contributed by atoms with Crippen LogP contribution in [0.4, 0.5) is 5.69 Å². The molecule has 18 heavy (non-hydrogen) atoms. The Morgan fingerprint density at radius 3 is 2.78 bits per heavy atom. The highest BCUT2D eigenvalue weighted by Crippen LogP contribution is 2.36. The average Bonchev–Trinajstić information content (AvgIpc) is 2.27. The van der Waals surface area contributed by atoms with Crippen molar-refractivity contribution in [3.8, 4) is 0 Å². The molecule has 1 aliphatic rings. The Labute approximate surface area is 112 Å². The average molecular weight is 268 g/mol. The lowest BCUT2D eigenvalue weighted by Crippen LogP contribution is -2.51. The first-order valence-corrected chi connectivity index (χ1v) is 6.54. The molecule has 1 saturated heterocycles. The second-order valence-corrected chi connectivity index (χ2v) is 5.91. The quantitative estimate of drug-likeness (QED) is 0.893. The maximum atomic E-state index is 11.1. The molecular weight excluding hydrogens is 250 g/mol. The van der Waals surface area contributed by atoms with Crippen LogP contribution < -0.4 is 4.90 Å². The monoisotopic (exact) mass is 267 g/mol. The van der Waals surface area contributed by atoms with E-state index >= 15 is 0 Å². The highest BCUT2D eigenvalue weighted by molar-refractivity contribution is 6.30. The third-order valence-electron chi connectivity index (χ3n) is 3.65. The van der Waals surface area contributed by atoms with E-state index < -0.39 is 5.97 Å². The van der Waals surface area contributed by atoms with Crippen molar-refractivity contribution in [1.29, 1.82) is 0 Å². The van der Waals surface area contributed by atoms with Crippen LogP contribution in [0.1, 0.15) is 26.7 Å². The summed E-state index contributed by atoms with van der Waals surface area (Å²) in [4.78, 5) is 13.3. The van der Waals surface area contributed by atoms with Gasteiger partial charge in [-0.15, -0.1) is 0 Å². The molecule has 2 rings (SSSR count). The van der Waals surface area contributed by atoms with E-state index in [1.807, 2.05) is 24.3 Å². The summed E-state index contributed by atoms with van der Waals surface area (Å²) >= 11 is 6.02. The number of nitrogens with zero attached hydrogens (tertiary/aromatic N) is 1. The van der Waals surface area contributed by atoms with Gasteiger partial charge in [-0.3, -0.25) is 4.79 Å². The van der Waals surface area contributed by atoms with Crippen molar-refractivity contribution in [3.63, 3.8) is 0 Å². The van der Waals surface area contributed by atoms with Gasteiger partial charge in [0.15, 0.2) is 0 Å². The summed E-state index contributed by atoms with van der Waals surface area (Å²) in [6.07, 6.45) is 1.35. The van der Waals surface area contributed by atoms with E-state index in [1.54, 1.807) is 0 Å². The standard InChI is InChI=1S/C14H18ClNO2/c1-14(2)9-10(13(17)18)6-7-16(14)12-5-3-4-11(15)8-12/h3-5,8,10H,6-7,9H2,1-2H3,(H,17,18). The normalized spacial score (nSPS) is 22.8. The van der Waals surface area contributed by atoms with Crippen molar-refractivity contribution in [2.75, 3.05) is 11.4 Å². The summed E-state index contributed by atoms with van der Waals surface area (Å²) in [6, 6.07) is 7.73. The second-order valence-electron chi connectivity index (χ2n) is 5.47. The first-order valence-electron chi connectivity index (χ1n) is 6.16. The Kier molecular flexibility index (Phi) is 3.53. The number of piperidine rings is 1. The van der Waals surface area contributed by atoms with Gasteiger partial charge in [0.05, 0.1) is 5.92 Å². The van der Waals surface area contributed by atoms with E-state index in [9.17, 15) is 4.79 Å². The SMILES string of the molecule is CC1(C)CC(C(=O)O)CCN1c1cccc(Cl)c1. The van der Waals surface area contributed by atoms with Crippen molar-refractivity contribution in [1.82, 2.24) is 0 Å². The molecule has 0 spiro atoms. The maximum absolute atomic E-state index is 11.1. The van der Waals surface area contributed by atoms with E-state index in [4.69, 9.17) is 16.7 Å². The second kappa shape index (κ2) is 4.81. The van der Waals surface area contributed by atoms with Crippen LogP contribution in [-0.4, -0.2) is 23.2 Å². The van der Waals surface area contributed by atoms with Crippen LogP contribution in [0.5, 0.6) is 0 Å². The molecule has 0 amide bonds. The Hall–Kier alpha value is -1.22. The number of benzene rings is 1. The molecule has 1 aromatic rings. The molecule has 1 aliphatic heterocycles. The lowest BCUT2D eigenvalue weighted by molar-refractivity contribution is -0.143. The fourth-order valence-electron chi connectivity index (χ4n) is 2.74. The topological polar surface area (TPSA) is 40.5 Å². The number of rotatable bonds is 2. The highest BCUT2D eigenvalue weighted by atomic mass is 35.5. The molecular formula is C14H18ClNO2. The van der Waals surface area contributed by atoms with Gasteiger partial charge in [-0.2, -0.15) is 0 Å². The van der Waals surface area contributed by atoms with Crippen molar-refractivity contribution in [3.05, 3.63) is 29.3 Å². The zero-order valence-corrected chi connectivity index (χ0v) is 11.4. The molecule has 0 saturated carbocycles. The van der Waals surface area contributed by atoms with Gasteiger partial charge in [0.25, 0.3) is 0 Å². The Morgan fingerprint density at radius 2 is 2.22 bits per heavy atom. The molecule has 1 unspecified atom stereocenters. The van der Waals surface area contributed by atoms with Crippen molar-refractivity contribution >= 4 is 23.3 Å². The molecule has 0 bridgehead atoms. The first-order chi connectivity index (χ1) is 8.40. The van der Waals surface area contributed by atoms with E-state index in [0.29, 0.717) is 17.9 Å². The number of carbonyl (C=O) groups is 1. The number of carboxylic acids is 1. The largest absolute Gasteiger partial charge is 0.481 e. The van der Waals surface area contributed by atoms with Crippen LogP contribution in [0.3, 0.4) is 0 Å². The van der Waals surface area contributed by atoms with Gasteiger partial charge in [-0.1, -0.05) is 17.7 Å². The zero-order chi connectivity index (χ0) is 13.3. The third kappa shape index (κ3) is 2.61. The lowest BCUT2D eigenvalue weighted by Gasteiger charge is -2.46. The van der Waals surface area contributed by atoms with E-state index in [1.165, 1.54) is 0 Å². The number of halogens is 1. The van der Waals surface area contributed by atoms with Crippen LogP contribution in [-0.2, 0) is 4.79 Å². The Morgan fingerprint density at radius 1 is 1.50 bits per heavy atom. The van der Waals surface area contributed by atoms with Crippen LogP contribution in [0.2, 0.25) is 5.02 Å². The molecule has 0 aromatic heterocycles. The van der Waals surface area contributed by atoms with Crippen LogP contribution >= 0.6 is 11.6 Å². The molecule has 1 heterocycles. The minimum atomic E-state index is -0.686. The number of hydrogen-bond donors (Lipinski definition) is 1. The molecule has 4 heteroatoms. The van der Waals surface area contributed by atoms with Crippen LogP contribution in [0.15, 0.2) is 24.3 Å². The lowest BCUT2D eigenvalue weighted by atomic mass is 9.82. The van der Waals surface area contributed by atoms with Gasteiger partial charge in [0, 0.05) is 22.8 Å². The minimum Gasteiger partial charge on any atom is -0.481 e. The molecule has 1 atom stereocenters. The van der Waals surface area contributed by atoms with Gasteiger partial charge in [-0.25, -0.2) is 0 Å². The number of anilines is 1. The van der Waals surface area contributed by atoms with Crippen molar-refractivity contribution < 1.29 is 9.90 Å². The summed E-state index contributed by atoms with van der Waals surface area (Å²) in [6.45, 7) is 4.93. The maximum Gasteiger partial charge on any atom is 0.306 e. The summed E-state index contributed by atoms with van der Waals surface area (Å²) in [5, 5.41) is 9.84. The fourth-order valence-corrected chi connectivity index (χ4v) is 2.92. The number of carboxylic acid groups (broad SMARTS) is 1. The number of hydrogen-bond acceptors (Lipinski definition) is 2. The van der Waals surface area contributed by atoms with Crippen LogP contribution in [0, 0.1) is 5.92 Å². The van der Waals surface area contributed by atoms with Gasteiger partial charge in [-0.05, 0) is 44.9 Å². The van der Waals surface area contributed by atoms with E-state index in [2.05, 4.69) is 18.7 Å². The zero-order valence-electron chi connectivity index (χ0n) is 10.7. The van der Waals surface area contributed by atoms with Gasteiger partial charge < -0.3 is 10.0 Å². The molecule has 1 N–H and O–H groups in total. The van der Waals surface area contributed by atoms with Gasteiger partial charge in [0.1, 0.15) is 0 Å². The summed E-state index contributed by atoms with van der Waals surface area (Å²) in [7, 11) is 0. The smallest absolute Gasteiger partial charge is 0.306 e. The third-order valence-corrected chi connectivity index (χ3v) is 3.88. The first kappa shape index (κ1) is 13.2. The Balaban J connectivity index is 2.23. The molecule has 1 aromatic carbocycles. The summed E-state index contributed by atoms with van der Waals surface area (Å²) < 4.78 is 0. The molecule has 0 aliphatic carbocycles.